The van der Waals surface area contributed by atoms with Gasteiger partial charge in [-0.05, 0) is 24.7 Å². The van der Waals surface area contributed by atoms with Crippen molar-refractivity contribution in [2.45, 2.75) is 18.1 Å². The van der Waals surface area contributed by atoms with E-state index in [2.05, 4.69) is 30.8 Å². The number of rotatable bonds is 5. The third kappa shape index (κ3) is 2.99. The molecule has 106 valence electrons. The maximum Gasteiger partial charge on any atom is 0.257 e. The molecule has 0 aliphatic carbocycles. The first-order valence-electron chi connectivity index (χ1n) is 6.43. The number of hydrogen-bond donors (Lipinski definition) is 3. The molecule has 1 fully saturated rings. The normalized spacial score (nSPS) is 18.1. The summed E-state index contributed by atoms with van der Waals surface area (Å²) in [6.45, 7) is 0.844. The van der Waals surface area contributed by atoms with E-state index in [-0.39, 0.29) is 0 Å². The van der Waals surface area contributed by atoms with E-state index in [1.165, 1.54) is 18.6 Å². The SMILES string of the molecule is NNc1nc(NCC2CCCS2)nc(-n2cccn2)n1. The van der Waals surface area contributed by atoms with E-state index in [9.17, 15) is 0 Å². The molecule has 2 aromatic rings. The molecule has 0 aromatic carbocycles. The Morgan fingerprint density at radius 3 is 2.95 bits per heavy atom. The van der Waals surface area contributed by atoms with E-state index in [4.69, 9.17) is 5.84 Å². The van der Waals surface area contributed by atoms with Crippen LogP contribution in [-0.4, -0.2) is 42.3 Å². The number of hydrogen-bond acceptors (Lipinski definition) is 8. The lowest BCUT2D eigenvalue weighted by atomic mass is 10.2. The number of nitrogens with two attached hydrogens (primary N) is 1. The van der Waals surface area contributed by atoms with Gasteiger partial charge in [0.25, 0.3) is 5.95 Å². The van der Waals surface area contributed by atoms with Crippen molar-refractivity contribution in [3.8, 4) is 5.95 Å². The van der Waals surface area contributed by atoms with Crippen molar-refractivity contribution in [1.29, 1.82) is 0 Å². The Hall–Kier alpha value is -1.87. The molecule has 2 aromatic heterocycles. The molecular formula is C11H16N8S. The molecule has 0 radical (unpaired) electrons. The molecule has 3 heterocycles. The fraction of sp³-hybridized carbons (Fsp3) is 0.455. The average molecular weight is 292 g/mol. The van der Waals surface area contributed by atoms with E-state index in [1.807, 2.05) is 17.8 Å². The Labute approximate surface area is 120 Å². The van der Waals surface area contributed by atoms with Crippen LogP contribution in [0.4, 0.5) is 11.9 Å². The van der Waals surface area contributed by atoms with Crippen molar-refractivity contribution >= 4 is 23.7 Å². The summed E-state index contributed by atoms with van der Waals surface area (Å²) in [6, 6.07) is 1.81. The Morgan fingerprint density at radius 1 is 1.35 bits per heavy atom. The third-order valence-corrected chi connectivity index (χ3v) is 4.37. The summed E-state index contributed by atoms with van der Waals surface area (Å²) in [6.07, 6.45) is 5.95. The molecule has 1 unspecified atom stereocenters. The molecule has 0 bridgehead atoms. The highest BCUT2D eigenvalue weighted by atomic mass is 32.2. The van der Waals surface area contributed by atoms with Crippen LogP contribution in [0, 0.1) is 0 Å². The first-order chi connectivity index (χ1) is 9.85. The van der Waals surface area contributed by atoms with Crippen molar-refractivity contribution in [3.05, 3.63) is 18.5 Å². The standard InChI is InChI=1S/C11H16N8S/c12-18-10-15-9(13-7-8-3-1-6-20-8)16-11(17-10)19-5-2-4-14-19/h2,4-5,8H,1,3,6-7,12H2,(H2,13,15,16,17,18). The lowest BCUT2D eigenvalue weighted by molar-refractivity contribution is 0.780. The zero-order valence-electron chi connectivity index (χ0n) is 10.9. The first kappa shape index (κ1) is 13.1. The summed E-state index contributed by atoms with van der Waals surface area (Å²) in [7, 11) is 0. The fourth-order valence-electron chi connectivity index (χ4n) is 2.01. The Balaban J connectivity index is 1.77. The van der Waals surface area contributed by atoms with Crippen LogP contribution in [0.3, 0.4) is 0 Å². The second-order valence-electron chi connectivity index (χ2n) is 4.39. The summed E-state index contributed by atoms with van der Waals surface area (Å²) >= 11 is 1.98. The quantitative estimate of drug-likeness (QED) is 0.545. The second kappa shape index (κ2) is 6.06. The van der Waals surface area contributed by atoms with Gasteiger partial charge in [0.05, 0.1) is 0 Å². The smallest absolute Gasteiger partial charge is 0.257 e. The molecule has 4 N–H and O–H groups in total. The molecular weight excluding hydrogens is 276 g/mol. The van der Waals surface area contributed by atoms with E-state index >= 15 is 0 Å². The summed E-state index contributed by atoms with van der Waals surface area (Å²) in [5.41, 5.74) is 2.45. The highest BCUT2D eigenvalue weighted by molar-refractivity contribution is 8.00. The number of nitrogen functional groups attached to an aromatic ring is 1. The van der Waals surface area contributed by atoms with Crippen molar-refractivity contribution in [2.24, 2.45) is 5.84 Å². The maximum absolute atomic E-state index is 5.39. The third-order valence-electron chi connectivity index (χ3n) is 2.97. The molecule has 1 atom stereocenters. The molecule has 1 saturated heterocycles. The Kier molecular flexibility index (Phi) is 3.97. The first-order valence-corrected chi connectivity index (χ1v) is 7.48. The van der Waals surface area contributed by atoms with Crippen LogP contribution in [0.5, 0.6) is 0 Å². The van der Waals surface area contributed by atoms with Gasteiger partial charge >= 0.3 is 0 Å². The van der Waals surface area contributed by atoms with E-state index < -0.39 is 0 Å². The molecule has 0 amide bonds. The summed E-state index contributed by atoms with van der Waals surface area (Å²) in [5.74, 6) is 7.88. The Bertz CT molecular complexity index is 552. The zero-order valence-corrected chi connectivity index (χ0v) is 11.7. The van der Waals surface area contributed by atoms with E-state index in [1.54, 1.807) is 17.1 Å². The van der Waals surface area contributed by atoms with Gasteiger partial charge in [-0.2, -0.15) is 31.8 Å². The summed E-state index contributed by atoms with van der Waals surface area (Å²) < 4.78 is 1.57. The van der Waals surface area contributed by atoms with Crippen molar-refractivity contribution < 1.29 is 0 Å². The van der Waals surface area contributed by atoms with Gasteiger partial charge in [-0.15, -0.1) is 0 Å². The molecule has 1 aliphatic heterocycles. The van der Waals surface area contributed by atoms with Crippen LogP contribution >= 0.6 is 11.8 Å². The lowest BCUT2D eigenvalue weighted by Gasteiger charge is -2.11. The van der Waals surface area contributed by atoms with Crippen LogP contribution in [0.1, 0.15) is 12.8 Å². The maximum atomic E-state index is 5.39. The predicted molar refractivity (Wildman–Crippen MR) is 78.7 cm³/mol. The van der Waals surface area contributed by atoms with Crippen LogP contribution in [0.15, 0.2) is 18.5 Å². The number of thioether (sulfide) groups is 1. The van der Waals surface area contributed by atoms with Gasteiger partial charge in [-0.3, -0.25) is 5.43 Å². The number of nitrogens with zero attached hydrogens (tertiary/aromatic N) is 5. The van der Waals surface area contributed by atoms with Gasteiger partial charge in [-0.25, -0.2) is 10.5 Å². The van der Waals surface area contributed by atoms with Gasteiger partial charge in [0.15, 0.2) is 0 Å². The van der Waals surface area contributed by atoms with Crippen molar-refractivity contribution in [3.63, 3.8) is 0 Å². The Morgan fingerprint density at radius 2 is 2.25 bits per heavy atom. The van der Waals surface area contributed by atoms with Gasteiger partial charge in [-0.1, -0.05) is 0 Å². The van der Waals surface area contributed by atoms with E-state index in [0.29, 0.717) is 23.1 Å². The minimum Gasteiger partial charge on any atom is -0.353 e. The van der Waals surface area contributed by atoms with Gasteiger partial charge in [0.1, 0.15) is 0 Å². The van der Waals surface area contributed by atoms with Crippen molar-refractivity contribution in [1.82, 2.24) is 24.7 Å². The number of hydrazine groups is 1. The number of nitrogens with one attached hydrogen (secondary N) is 2. The highest BCUT2D eigenvalue weighted by Crippen LogP contribution is 2.26. The van der Waals surface area contributed by atoms with Crippen LogP contribution in [0.2, 0.25) is 0 Å². The highest BCUT2D eigenvalue weighted by Gasteiger charge is 2.16. The van der Waals surface area contributed by atoms with E-state index in [0.717, 1.165) is 6.54 Å². The zero-order chi connectivity index (χ0) is 13.8. The molecule has 1 aliphatic rings. The van der Waals surface area contributed by atoms with Gasteiger partial charge < -0.3 is 5.32 Å². The number of aromatic nitrogens is 5. The van der Waals surface area contributed by atoms with Gasteiger partial charge in [0, 0.05) is 24.2 Å². The lowest BCUT2D eigenvalue weighted by Crippen LogP contribution is -2.19. The minimum absolute atomic E-state index is 0.312. The monoisotopic (exact) mass is 292 g/mol. The predicted octanol–water partition coefficient (Wildman–Crippen LogP) is 0.650. The molecule has 20 heavy (non-hydrogen) atoms. The molecule has 0 saturated carbocycles. The molecule has 3 rings (SSSR count). The molecule has 9 heteroatoms. The fourth-order valence-corrected chi connectivity index (χ4v) is 3.21. The van der Waals surface area contributed by atoms with Crippen LogP contribution < -0.4 is 16.6 Å². The second-order valence-corrected chi connectivity index (χ2v) is 5.80. The summed E-state index contributed by atoms with van der Waals surface area (Å²) in [5, 5.41) is 7.97. The molecule has 8 nitrogen and oxygen atoms in total. The van der Waals surface area contributed by atoms with Gasteiger partial charge in [0.2, 0.25) is 11.9 Å². The topological polar surface area (TPSA) is 107 Å². The minimum atomic E-state index is 0.312. The van der Waals surface area contributed by atoms with Crippen LogP contribution in [-0.2, 0) is 0 Å². The largest absolute Gasteiger partial charge is 0.353 e. The van der Waals surface area contributed by atoms with Crippen LogP contribution in [0.25, 0.3) is 5.95 Å². The van der Waals surface area contributed by atoms with Crippen molar-refractivity contribution in [2.75, 3.05) is 23.0 Å². The average Bonchev–Trinajstić information content (AvgIpc) is 3.17. The summed E-state index contributed by atoms with van der Waals surface area (Å²) in [4.78, 5) is 12.7. The molecule has 0 spiro atoms. The number of anilines is 2.